The topological polar surface area (TPSA) is 121 Å². The van der Waals surface area contributed by atoms with E-state index in [1.54, 1.807) is 21.8 Å². The normalized spacial score (nSPS) is 23.2. The van der Waals surface area contributed by atoms with Gasteiger partial charge in [-0.3, -0.25) is 14.3 Å². The molecule has 4 aliphatic carbocycles. The number of nitrogens with one attached hydrogen (secondary N) is 1. The molecule has 3 N–H and O–H groups in total. The van der Waals surface area contributed by atoms with Crippen molar-refractivity contribution in [3.63, 3.8) is 0 Å². The molecule has 4 bridgehead atoms. The Balaban J connectivity index is 1.29. The molecule has 0 aliphatic heterocycles. The molecule has 4 saturated carbocycles. The van der Waals surface area contributed by atoms with Gasteiger partial charge in [-0.15, -0.1) is 11.3 Å². The number of rotatable bonds is 8. The van der Waals surface area contributed by atoms with Crippen molar-refractivity contribution >= 4 is 39.1 Å². The van der Waals surface area contributed by atoms with E-state index >= 15 is 0 Å². The van der Waals surface area contributed by atoms with Crippen LogP contribution in [0.4, 0.5) is 14.5 Å². The van der Waals surface area contributed by atoms with Gasteiger partial charge in [-0.1, -0.05) is 18.2 Å². The van der Waals surface area contributed by atoms with Gasteiger partial charge in [0.15, 0.2) is 0 Å². The first-order chi connectivity index (χ1) is 22.6. The third kappa shape index (κ3) is 4.87. The standard InChI is InChI=1S/C35H35F2N7O2S/c1-3-43-18(2)24(16-39-43)23-12-26(31(36)37)40-34-27(23)28(29(47-34)32(38)45)41-33(46)25-17-44(22-7-5-4-6-8-22)42-30(25)35-13-19-9-20(14-35)11-21(10-19)15-35/h4-8,12,16-17,19-21,31H,3,9-11,13-15H2,1-2H3,(H2,38,45)(H,41,46). The molecule has 5 aromatic rings. The van der Waals surface area contributed by atoms with Crippen LogP contribution in [0, 0.1) is 24.7 Å². The van der Waals surface area contributed by atoms with Crippen LogP contribution in [0.15, 0.2) is 48.8 Å². The molecule has 0 atom stereocenters. The summed E-state index contributed by atoms with van der Waals surface area (Å²) < 4.78 is 31.7. The molecule has 2 amide bonds. The first kappa shape index (κ1) is 29.9. The van der Waals surface area contributed by atoms with Gasteiger partial charge in [0.25, 0.3) is 18.2 Å². The van der Waals surface area contributed by atoms with Crippen molar-refractivity contribution in [2.45, 2.75) is 70.8 Å². The maximum Gasteiger partial charge on any atom is 0.280 e. The number of halogens is 2. The molecule has 4 aliphatic rings. The predicted octanol–water partition coefficient (Wildman–Crippen LogP) is 7.43. The lowest BCUT2D eigenvalue weighted by Crippen LogP contribution is -2.49. The summed E-state index contributed by atoms with van der Waals surface area (Å²) in [5, 5.41) is 13.0. The van der Waals surface area contributed by atoms with Crippen LogP contribution in [0.2, 0.25) is 0 Å². The van der Waals surface area contributed by atoms with Gasteiger partial charge < -0.3 is 11.1 Å². The molecule has 4 heterocycles. The smallest absolute Gasteiger partial charge is 0.280 e. The molecule has 0 spiro atoms. The van der Waals surface area contributed by atoms with Crippen molar-refractivity contribution in [2.75, 3.05) is 5.32 Å². The molecule has 0 saturated heterocycles. The summed E-state index contributed by atoms with van der Waals surface area (Å²) in [6.07, 6.45) is 7.29. The summed E-state index contributed by atoms with van der Waals surface area (Å²) in [6.45, 7) is 4.38. The van der Waals surface area contributed by atoms with Crippen LogP contribution in [0.5, 0.6) is 0 Å². The second kappa shape index (κ2) is 11.1. The van der Waals surface area contributed by atoms with E-state index in [1.165, 1.54) is 25.3 Å². The fourth-order valence-corrected chi connectivity index (χ4v) is 10.0. The van der Waals surface area contributed by atoms with E-state index in [2.05, 4.69) is 15.4 Å². The Morgan fingerprint density at radius 3 is 2.36 bits per heavy atom. The minimum atomic E-state index is -2.84. The summed E-state index contributed by atoms with van der Waals surface area (Å²) >= 11 is 0.900. The number of anilines is 1. The van der Waals surface area contributed by atoms with Gasteiger partial charge in [-0.2, -0.15) is 10.2 Å². The van der Waals surface area contributed by atoms with Crippen LogP contribution in [-0.4, -0.2) is 36.4 Å². The zero-order valence-electron chi connectivity index (χ0n) is 26.2. The second-order valence-electron chi connectivity index (χ2n) is 13.5. The van der Waals surface area contributed by atoms with Gasteiger partial charge in [0, 0.05) is 34.8 Å². The molecule has 0 unspecified atom stereocenters. The number of carbonyl (C=O) groups is 2. The van der Waals surface area contributed by atoms with Gasteiger partial charge in [0.05, 0.1) is 28.8 Å². The van der Waals surface area contributed by atoms with E-state index < -0.39 is 23.9 Å². The highest BCUT2D eigenvalue weighted by Crippen LogP contribution is 2.61. The highest BCUT2D eigenvalue weighted by molar-refractivity contribution is 7.21. The molecular formula is C35H35F2N7O2S. The Bertz CT molecular complexity index is 2010. The zero-order chi connectivity index (χ0) is 32.6. The van der Waals surface area contributed by atoms with Crippen LogP contribution in [0.25, 0.3) is 27.0 Å². The number of hydrogen-bond donors (Lipinski definition) is 2. The minimum Gasteiger partial charge on any atom is -0.365 e. The van der Waals surface area contributed by atoms with Gasteiger partial charge in [0.2, 0.25) is 0 Å². The fourth-order valence-electron chi connectivity index (χ4n) is 8.99. The van der Waals surface area contributed by atoms with Crippen molar-refractivity contribution in [2.24, 2.45) is 23.5 Å². The number of amides is 2. The number of carbonyl (C=O) groups excluding carboxylic acids is 2. The van der Waals surface area contributed by atoms with Crippen molar-refractivity contribution in [1.82, 2.24) is 24.5 Å². The zero-order valence-corrected chi connectivity index (χ0v) is 27.0. The first-order valence-electron chi connectivity index (χ1n) is 16.2. The minimum absolute atomic E-state index is 0.0425. The third-order valence-corrected chi connectivity index (χ3v) is 11.7. The number of alkyl halides is 2. The number of nitrogens with two attached hydrogens (primary N) is 1. The fraction of sp³-hybridized carbons (Fsp3) is 0.400. The van der Waals surface area contributed by atoms with Crippen molar-refractivity contribution in [1.29, 1.82) is 0 Å². The first-order valence-corrected chi connectivity index (χ1v) is 17.0. The van der Waals surface area contributed by atoms with E-state index in [0.29, 0.717) is 46.4 Å². The maximum absolute atomic E-state index is 14.6. The number of para-hydroxylation sites is 1. The number of nitrogens with zero attached hydrogens (tertiary/aromatic N) is 5. The Hall–Kier alpha value is -4.45. The number of fused-ring (bicyclic) bond motifs is 1. The lowest BCUT2D eigenvalue weighted by Gasteiger charge is -2.56. The van der Waals surface area contributed by atoms with Crippen LogP contribution in [-0.2, 0) is 12.0 Å². The van der Waals surface area contributed by atoms with E-state index in [0.717, 1.165) is 47.7 Å². The third-order valence-electron chi connectivity index (χ3n) is 10.6. The molecule has 4 aromatic heterocycles. The number of pyridine rings is 1. The van der Waals surface area contributed by atoms with Gasteiger partial charge >= 0.3 is 0 Å². The number of hydrogen-bond acceptors (Lipinski definition) is 6. The van der Waals surface area contributed by atoms with E-state index in [1.807, 2.05) is 44.2 Å². The van der Waals surface area contributed by atoms with E-state index in [-0.39, 0.29) is 20.8 Å². The number of aromatic nitrogens is 5. The molecule has 9 nitrogen and oxygen atoms in total. The Kier molecular flexibility index (Phi) is 7.05. The average Bonchev–Trinajstić information content (AvgIpc) is 3.76. The van der Waals surface area contributed by atoms with Crippen LogP contribution >= 0.6 is 11.3 Å². The molecular weight excluding hydrogens is 620 g/mol. The van der Waals surface area contributed by atoms with Crippen LogP contribution in [0.1, 0.15) is 89.0 Å². The molecule has 9 rings (SSSR count). The summed E-state index contributed by atoms with van der Waals surface area (Å²) in [7, 11) is 0. The summed E-state index contributed by atoms with van der Waals surface area (Å²) in [4.78, 5) is 31.9. The number of benzene rings is 1. The summed E-state index contributed by atoms with van der Waals surface area (Å²) in [5.74, 6) is 0.684. The summed E-state index contributed by atoms with van der Waals surface area (Å²) in [5.41, 5.74) is 9.24. The van der Waals surface area contributed by atoms with Gasteiger partial charge in [0.1, 0.15) is 15.4 Å². The largest absolute Gasteiger partial charge is 0.365 e. The molecule has 242 valence electrons. The molecule has 0 radical (unpaired) electrons. The Labute approximate surface area is 274 Å². The Morgan fingerprint density at radius 1 is 1.09 bits per heavy atom. The lowest BCUT2D eigenvalue weighted by atomic mass is 9.48. The number of primary amides is 1. The molecule has 12 heteroatoms. The maximum atomic E-state index is 14.6. The SMILES string of the molecule is CCn1ncc(-c2cc(C(F)F)nc3sc(C(N)=O)c(NC(=O)c4cn(-c5ccccc5)nc4C45CC6CC(CC(C6)C4)C5)c23)c1C. The van der Waals surface area contributed by atoms with Crippen molar-refractivity contribution in [3.8, 4) is 16.8 Å². The summed E-state index contributed by atoms with van der Waals surface area (Å²) in [6, 6.07) is 11.0. The molecule has 1 aromatic carbocycles. The van der Waals surface area contributed by atoms with E-state index in [4.69, 9.17) is 10.8 Å². The van der Waals surface area contributed by atoms with Crippen LogP contribution < -0.4 is 11.1 Å². The average molecular weight is 656 g/mol. The monoisotopic (exact) mass is 655 g/mol. The quantitative estimate of drug-likeness (QED) is 0.180. The van der Waals surface area contributed by atoms with Gasteiger partial charge in [-0.25, -0.2) is 18.4 Å². The lowest BCUT2D eigenvalue weighted by molar-refractivity contribution is -0.00765. The highest BCUT2D eigenvalue weighted by Gasteiger charge is 2.54. The predicted molar refractivity (Wildman–Crippen MR) is 176 cm³/mol. The van der Waals surface area contributed by atoms with Crippen LogP contribution in [0.3, 0.4) is 0 Å². The number of thiophene rings is 1. The second-order valence-corrected chi connectivity index (χ2v) is 14.5. The van der Waals surface area contributed by atoms with Crippen molar-refractivity contribution in [3.05, 3.63) is 76.3 Å². The van der Waals surface area contributed by atoms with E-state index in [9.17, 15) is 18.4 Å². The Morgan fingerprint density at radius 2 is 1.77 bits per heavy atom. The van der Waals surface area contributed by atoms with Gasteiger partial charge in [-0.05, 0) is 93.9 Å². The molecule has 47 heavy (non-hydrogen) atoms. The van der Waals surface area contributed by atoms with Crippen molar-refractivity contribution < 1.29 is 18.4 Å². The molecule has 4 fully saturated rings. The highest BCUT2D eigenvalue weighted by atomic mass is 32.1. The number of aryl methyl sites for hydroxylation is 1.